The van der Waals surface area contributed by atoms with E-state index in [0.29, 0.717) is 0 Å². The molecular weight excluding hydrogens is 226 g/mol. The Morgan fingerprint density at radius 3 is 2.17 bits per heavy atom. The van der Waals surface area contributed by atoms with E-state index in [9.17, 15) is 0 Å². The van der Waals surface area contributed by atoms with Gasteiger partial charge >= 0.3 is 0 Å². The standard InChI is InChI=1S/C15H33NO2/c1-3-4-5-6-7-8-9-10-12-16-15(14-17)11-13-18-2/h15-17H,3-14H2,1-2H3. The molecular formula is C15H33NO2. The number of methoxy groups -OCH3 is 1. The second-order valence-electron chi connectivity index (χ2n) is 5.09. The van der Waals surface area contributed by atoms with E-state index in [1.165, 1.54) is 51.4 Å². The van der Waals surface area contributed by atoms with Crippen LogP contribution in [-0.4, -0.2) is 38.0 Å². The third-order valence-corrected chi connectivity index (χ3v) is 3.35. The van der Waals surface area contributed by atoms with Gasteiger partial charge in [-0.3, -0.25) is 0 Å². The van der Waals surface area contributed by atoms with Gasteiger partial charge in [-0.05, 0) is 19.4 Å². The molecule has 0 aliphatic carbocycles. The molecule has 1 atom stereocenters. The second-order valence-corrected chi connectivity index (χ2v) is 5.09. The number of rotatable bonds is 14. The van der Waals surface area contributed by atoms with E-state index >= 15 is 0 Å². The van der Waals surface area contributed by atoms with Gasteiger partial charge in [0.2, 0.25) is 0 Å². The fraction of sp³-hybridized carbons (Fsp3) is 1.00. The molecule has 0 aliphatic rings. The van der Waals surface area contributed by atoms with Gasteiger partial charge in [-0.1, -0.05) is 51.9 Å². The van der Waals surface area contributed by atoms with E-state index in [0.717, 1.165) is 19.6 Å². The summed E-state index contributed by atoms with van der Waals surface area (Å²) in [6, 6.07) is 0.203. The summed E-state index contributed by atoms with van der Waals surface area (Å²) in [5, 5.41) is 12.5. The normalized spacial score (nSPS) is 12.8. The van der Waals surface area contributed by atoms with Gasteiger partial charge in [0.15, 0.2) is 0 Å². The fourth-order valence-electron chi connectivity index (χ4n) is 2.08. The van der Waals surface area contributed by atoms with Crippen LogP contribution in [0.5, 0.6) is 0 Å². The first-order valence-corrected chi connectivity index (χ1v) is 7.68. The molecule has 3 nitrogen and oxygen atoms in total. The molecule has 0 saturated carbocycles. The Labute approximate surface area is 113 Å². The zero-order chi connectivity index (χ0) is 13.5. The van der Waals surface area contributed by atoms with Crippen molar-refractivity contribution in [2.75, 3.05) is 26.9 Å². The maximum Gasteiger partial charge on any atom is 0.0585 e. The molecule has 0 rings (SSSR count). The summed E-state index contributed by atoms with van der Waals surface area (Å²) >= 11 is 0. The largest absolute Gasteiger partial charge is 0.395 e. The zero-order valence-corrected chi connectivity index (χ0v) is 12.4. The molecule has 0 saturated heterocycles. The summed E-state index contributed by atoms with van der Waals surface area (Å²) in [5.41, 5.74) is 0. The molecule has 0 radical (unpaired) electrons. The predicted molar refractivity (Wildman–Crippen MR) is 78.0 cm³/mol. The van der Waals surface area contributed by atoms with Crippen LogP contribution in [0, 0.1) is 0 Å². The molecule has 0 aromatic rings. The minimum atomic E-state index is 0.203. The molecule has 0 aromatic carbocycles. The average molecular weight is 259 g/mol. The molecule has 1 unspecified atom stereocenters. The number of hydrogen-bond acceptors (Lipinski definition) is 3. The van der Waals surface area contributed by atoms with E-state index in [-0.39, 0.29) is 12.6 Å². The molecule has 0 fully saturated rings. The van der Waals surface area contributed by atoms with Crippen molar-refractivity contribution < 1.29 is 9.84 Å². The Balaban J connectivity index is 3.17. The highest BCUT2D eigenvalue weighted by molar-refractivity contribution is 4.64. The van der Waals surface area contributed by atoms with Gasteiger partial charge in [0.25, 0.3) is 0 Å². The Kier molecular flexibility index (Phi) is 14.8. The van der Waals surface area contributed by atoms with E-state index in [1.807, 2.05) is 0 Å². The maximum absolute atomic E-state index is 9.16. The Morgan fingerprint density at radius 1 is 1.00 bits per heavy atom. The minimum absolute atomic E-state index is 0.203. The van der Waals surface area contributed by atoms with Gasteiger partial charge in [-0.25, -0.2) is 0 Å². The van der Waals surface area contributed by atoms with E-state index in [1.54, 1.807) is 7.11 Å². The highest BCUT2D eigenvalue weighted by Crippen LogP contribution is 2.08. The molecule has 0 aliphatic heterocycles. The third-order valence-electron chi connectivity index (χ3n) is 3.35. The van der Waals surface area contributed by atoms with Gasteiger partial charge in [0.05, 0.1) is 6.61 Å². The molecule has 18 heavy (non-hydrogen) atoms. The number of ether oxygens (including phenoxy) is 1. The summed E-state index contributed by atoms with van der Waals surface area (Å²) in [5.74, 6) is 0. The van der Waals surface area contributed by atoms with Crippen molar-refractivity contribution in [2.24, 2.45) is 0 Å². The summed E-state index contributed by atoms with van der Waals surface area (Å²) < 4.78 is 5.01. The van der Waals surface area contributed by atoms with Crippen LogP contribution in [0.1, 0.15) is 64.7 Å². The summed E-state index contributed by atoms with van der Waals surface area (Å²) in [6.45, 7) is 4.20. The van der Waals surface area contributed by atoms with Crippen molar-refractivity contribution in [1.82, 2.24) is 5.32 Å². The molecule has 110 valence electrons. The lowest BCUT2D eigenvalue weighted by atomic mass is 10.1. The summed E-state index contributed by atoms with van der Waals surface area (Å²) in [6.07, 6.45) is 11.7. The fourth-order valence-corrected chi connectivity index (χ4v) is 2.08. The van der Waals surface area contributed by atoms with Crippen LogP contribution in [0.25, 0.3) is 0 Å². The molecule has 3 heteroatoms. The average Bonchev–Trinajstić information content (AvgIpc) is 2.40. The Bertz CT molecular complexity index is 153. The molecule has 0 amide bonds. The Hall–Kier alpha value is -0.120. The molecule has 0 bridgehead atoms. The molecule has 0 spiro atoms. The van der Waals surface area contributed by atoms with Crippen molar-refractivity contribution in [3.63, 3.8) is 0 Å². The van der Waals surface area contributed by atoms with Crippen molar-refractivity contribution in [1.29, 1.82) is 0 Å². The number of hydrogen-bond donors (Lipinski definition) is 2. The van der Waals surface area contributed by atoms with Gasteiger partial charge < -0.3 is 15.2 Å². The van der Waals surface area contributed by atoms with E-state index in [2.05, 4.69) is 12.2 Å². The van der Waals surface area contributed by atoms with E-state index in [4.69, 9.17) is 9.84 Å². The first-order valence-electron chi connectivity index (χ1n) is 7.68. The van der Waals surface area contributed by atoms with Gasteiger partial charge in [0.1, 0.15) is 0 Å². The van der Waals surface area contributed by atoms with Crippen LogP contribution in [0.3, 0.4) is 0 Å². The number of nitrogens with one attached hydrogen (secondary N) is 1. The van der Waals surface area contributed by atoms with Crippen molar-refractivity contribution >= 4 is 0 Å². The number of aliphatic hydroxyl groups excluding tert-OH is 1. The van der Waals surface area contributed by atoms with Crippen LogP contribution in [0.2, 0.25) is 0 Å². The van der Waals surface area contributed by atoms with Crippen molar-refractivity contribution in [3.8, 4) is 0 Å². The number of unbranched alkanes of at least 4 members (excludes halogenated alkanes) is 7. The molecule has 0 heterocycles. The lowest BCUT2D eigenvalue weighted by molar-refractivity contribution is 0.159. The first kappa shape index (κ1) is 17.9. The van der Waals surface area contributed by atoms with Gasteiger partial charge in [-0.2, -0.15) is 0 Å². The third kappa shape index (κ3) is 12.3. The minimum Gasteiger partial charge on any atom is -0.395 e. The van der Waals surface area contributed by atoms with Gasteiger partial charge in [-0.15, -0.1) is 0 Å². The van der Waals surface area contributed by atoms with Crippen LogP contribution >= 0.6 is 0 Å². The van der Waals surface area contributed by atoms with Crippen LogP contribution < -0.4 is 5.32 Å². The number of aliphatic hydroxyl groups is 1. The maximum atomic E-state index is 9.16. The Morgan fingerprint density at radius 2 is 1.61 bits per heavy atom. The highest BCUT2D eigenvalue weighted by atomic mass is 16.5. The van der Waals surface area contributed by atoms with Crippen LogP contribution in [-0.2, 0) is 4.74 Å². The van der Waals surface area contributed by atoms with Crippen molar-refractivity contribution in [3.05, 3.63) is 0 Å². The first-order chi connectivity index (χ1) is 8.85. The highest BCUT2D eigenvalue weighted by Gasteiger charge is 2.04. The topological polar surface area (TPSA) is 41.5 Å². The zero-order valence-electron chi connectivity index (χ0n) is 12.4. The molecule has 0 aromatic heterocycles. The monoisotopic (exact) mass is 259 g/mol. The lowest BCUT2D eigenvalue weighted by Crippen LogP contribution is -2.34. The smallest absolute Gasteiger partial charge is 0.0585 e. The summed E-state index contributed by atoms with van der Waals surface area (Å²) in [4.78, 5) is 0. The van der Waals surface area contributed by atoms with Gasteiger partial charge in [0, 0.05) is 19.8 Å². The van der Waals surface area contributed by atoms with Crippen LogP contribution in [0.4, 0.5) is 0 Å². The van der Waals surface area contributed by atoms with E-state index < -0.39 is 0 Å². The second kappa shape index (κ2) is 14.9. The SMILES string of the molecule is CCCCCCCCCCNC(CO)CCOC. The molecule has 2 N–H and O–H groups in total. The quantitative estimate of drug-likeness (QED) is 0.471. The van der Waals surface area contributed by atoms with Crippen molar-refractivity contribution in [2.45, 2.75) is 70.8 Å². The predicted octanol–water partition coefficient (Wildman–Crippen LogP) is 3.11. The lowest BCUT2D eigenvalue weighted by Gasteiger charge is -2.15. The summed E-state index contributed by atoms with van der Waals surface area (Å²) in [7, 11) is 1.70. The van der Waals surface area contributed by atoms with Crippen LogP contribution in [0.15, 0.2) is 0 Å².